The van der Waals surface area contributed by atoms with Gasteiger partial charge in [0.15, 0.2) is 5.82 Å². The predicted octanol–water partition coefficient (Wildman–Crippen LogP) is 4.21. The van der Waals surface area contributed by atoms with E-state index in [1.54, 1.807) is 6.07 Å². The summed E-state index contributed by atoms with van der Waals surface area (Å²) in [4.78, 5) is 19.4. The van der Waals surface area contributed by atoms with Crippen molar-refractivity contribution in [2.24, 2.45) is 5.92 Å². The Morgan fingerprint density at radius 1 is 1.13 bits per heavy atom. The van der Waals surface area contributed by atoms with Gasteiger partial charge in [0, 0.05) is 25.3 Å². The van der Waals surface area contributed by atoms with E-state index in [1.807, 2.05) is 24.3 Å². The molecule has 1 saturated heterocycles. The minimum Gasteiger partial charge on any atom is -0.338 e. The first-order valence-electron chi connectivity index (χ1n) is 10.5. The summed E-state index contributed by atoms with van der Waals surface area (Å²) in [5.74, 6) is 1.22. The van der Waals surface area contributed by atoms with E-state index in [-0.39, 0.29) is 11.7 Å². The summed E-state index contributed by atoms with van der Waals surface area (Å²) in [5, 5.41) is 4.02. The molecule has 3 aromatic rings. The van der Waals surface area contributed by atoms with Crippen LogP contribution >= 0.6 is 0 Å². The first-order valence-corrected chi connectivity index (χ1v) is 10.5. The fourth-order valence-corrected chi connectivity index (χ4v) is 4.03. The lowest BCUT2D eigenvalue weighted by Gasteiger charge is -2.30. The van der Waals surface area contributed by atoms with E-state index >= 15 is 0 Å². The quantitative estimate of drug-likeness (QED) is 0.560. The zero-order valence-corrected chi connectivity index (χ0v) is 17.0. The van der Waals surface area contributed by atoms with Crippen LogP contribution in [0.5, 0.6) is 0 Å². The number of carbonyl (C=O) groups excluding carboxylic acids is 1. The van der Waals surface area contributed by atoms with Gasteiger partial charge in [0.1, 0.15) is 11.6 Å². The first-order chi connectivity index (χ1) is 14.7. The highest BCUT2D eigenvalue weighted by Crippen LogP contribution is 2.21. The van der Waals surface area contributed by atoms with Crippen molar-refractivity contribution in [2.45, 2.75) is 38.6 Å². The summed E-state index contributed by atoms with van der Waals surface area (Å²) < 4.78 is 18.7. The summed E-state index contributed by atoms with van der Waals surface area (Å²) in [6, 6.07) is 16.6. The van der Waals surface area contributed by atoms with E-state index < -0.39 is 0 Å². The van der Waals surface area contributed by atoms with Crippen LogP contribution in [-0.2, 0) is 24.2 Å². The molecule has 1 aliphatic heterocycles. The Balaban J connectivity index is 1.28. The largest absolute Gasteiger partial charge is 0.338 e. The molecule has 1 atom stereocenters. The minimum atomic E-state index is -0.271. The molecular weight excluding hydrogens is 381 g/mol. The zero-order valence-electron chi connectivity index (χ0n) is 17.0. The molecule has 0 N–H and O–H groups in total. The molecule has 0 bridgehead atoms. The normalized spacial score (nSPS) is 17.2. The van der Waals surface area contributed by atoms with Crippen LogP contribution in [0.2, 0.25) is 0 Å². The summed E-state index contributed by atoms with van der Waals surface area (Å²) in [5.41, 5.74) is 2.01. The van der Waals surface area contributed by atoms with Crippen molar-refractivity contribution >= 4 is 5.78 Å². The highest BCUT2D eigenvalue weighted by Gasteiger charge is 2.26. The number of benzene rings is 2. The lowest BCUT2D eigenvalue weighted by molar-refractivity contribution is -0.124. The third kappa shape index (κ3) is 5.60. The molecule has 1 unspecified atom stereocenters. The molecule has 2 heterocycles. The topological polar surface area (TPSA) is 59.2 Å². The van der Waals surface area contributed by atoms with Crippen LogP contribution in [0.15, 0.2) is 59.1 Å². The Morgan fingerprint density at radius 3 is 2.80 bits per heavy atom. The van der Waals surface area contributed by atoms with Gasteiger partial charge in [-0.15, -0.1) is 0 Å². The number of likely N-dealkylation sites (tertiary alicyclic amines) is 1. The molecule has 5 nitrogen and oxygen atoms in total. The third-order valence-electron chi connectivity index (χ3n) is 5.58. The summed E-state index contributed by atoms with van der Waals surface area (Å²) >= 11 is 0. The van der Waals surface area contributed by atoms with Crippen LogP contribution < -0.4 is 0 Å². The highest BCUT2D eigenvalue weighted by atomic mass is 19.1. The van der Waals surface area contributed by atoms with E-state index in [9.17, 15) is 9.18 Å². The van der Waals surface area contributed by atoms with Crippen molar-refractivity contribution in [3.63, 3.8) is 0 Å². The average molecular weight is 407 g/mol. The SMILES string of the molecule is O=C(CCc1ccccc1)C1CCCN(Cc2nc(Cc3cccc(F)c3)no2)C1. The lowest BCUT2D eigenvalue weighted by Crippen LogP contribution is -2.38. The number of piperidine rings is 1. The van der Waals surface area contributed by atoms with Crippen LogP contribution in [0.1, 0.15) is 42.1 Å². The third-order valence-corrected chi connectivity index (χ3v) is 5.58. The maximum absolute atomic E-state index is 13.3. The number of aromatic nitrogens is 2. The number of Topliss-reactive ketones (excluding diaryl/α,β-unsaturated/α-hetero) is 1. The lowest BCUT2D eigenvalue weighted by atomic mass is 9.90. The Morgan fingerprint density at radius 2 is 1.97 bits per heavy atom. The van der Waals surface area contributed by atoms with Gasteiger partial charge in [-0.1, -0.05) is 47.6 Å². The number of nitrogens with zero attached hydrogens (tertiary/aromatic N) is 3. The smallest absolute Gasteiger partial charge is 0.240 e. The highest BCUT2D eigenvalue weighted by molar-refractivity contribution is 5.81. The van der Waals surface area contributed by atoms with Crippen molar-refractivity contribution in [3.8, 4) is 0 Å². The maximum Gasteiger partial charge on any atom is 0.240 e. The molecule has 1 aromatic heterocycles. The molecule has 30 heavy (non-hydrogen) atoms. The van der Waals surface area contributed by atoms with Crippen LogP contribution in [0.4, 0.5) is 4.39 Å². The zero-order chi connectivity index (χ0) is 20.8. The summed E-state index contributed by atoms with van der Waals surface area (Å²) in [6.07, 6.45) is 3.75. The maximum atomic E-state index is 13.3. The van der Waals surface area contributed by atoms with Crippen LogP contribution in [-0.4, -0.2) is 33.9 Å². The number of aryl methyl sites for hydroxylation is 1. The molecule has 0 spiro atoms. The van der Waals surface area contributed by atoms with Gasteiger partial charge in [-0.05, 0) is 49.1 Å². The number of hydrogen-bond acceptors (Lipinski definition) is 5. The molecular formula is C24H26FN3O2. The molecule has 0 radical (unpaired) electrons. The average Bonchev–Trinajstić information content (AvgIpc) is 3.19. The number of ketones is 1. The van der Waals surface area contributed by atoms with Gasteiger partial charge in [0.25, 0.3) is 0 Å². The van der Waals surface area contributed by atoms with Crippen LogP contribution in [0.3, 0.4) is 0 Å². The fraction of sp³-hybridized carbons (Fsp3) is 0.375. The predicted molar refractivity (Wildman–Crippen MR) is 111 cm³/mol. The number of halogens is 1. The van der Waals surface area contributed by atoms with E-state index in [4.69, 9.17) is 4.52 Å². The van der Waals surface area contributed by atoms with Gasteiger partial charge in [-0.3, -0.25) is 9.69 Å². The summed E-state index contributed by atoms with van der Waals surface area (Å²) in [6.45, 7) is 2.19. The van der Waals surface area contributed by atoms with E-state index in [1.165, 1.54) is 17.7 Å². The Bertz CT molecular complexity index is 973. The van der Waals surface area contributed by atoms with Gasteiger partial charge >= 0.3 is 0 Å². The monoisotopic (exact) mass is 407 g/mol. The summed E-state index contributed by atoms with van der Waals surface area (Å²) in [7, 11) is 0. The first kappa shape index (κ1) is 20.4. The van der Waals surface area contributed by atoms with Gasteiger partial charge < -0.3 is 4.52 Å². The molecule has 6 heteroatoms. The van der Waals surface area contributed by atoms with Gasteiger partial charge in [-0.25, -0.2) is 4.39 Å². The van der Waals surface area contributed by atoms with Crippen molar-refractivity contribution in [1.82, 2.24) is 15.0 Å². The Kier molecular flexibility index (Phi) is 6.64. The fourth-order valence-electron chi connectivity index (χ4n) is 4.03. The van der Waals surface area contributed by atoms with E-state index in [2.05, 4.69) is 27.2 Å². The molecule has 1 fully saturated rings. The van der Waals surface area contributed by atoms with Crippen molar-refractivity contribution < 1.29 is 13.7 Å². The molecule has 2 aromatic carbocycles. The van der Waals surface area contributed by atoms with E-state index in [0.29, 0.717) is 36.9 Å². The Labute approximate surface area is 175 Å². The standard InChI is InChI=1S/C24H26FN3O2/c25-21-10-4-8-19(14-21)15-23-26-24(30-27-23)17-28-13-5-9-20(16-28)22(29)12-11-18-6-2-1-3-7-18/h1-4,6-8,10,14,20H,5,9,11-13,15-17H2. The van der Waals surface area contributed by atoms with Crippen molar-refractivity contribution in [1.29, 1.82) is 0 Å². The van der Waals surface area contributed by atoms with Crippen LogP contribution in [0.25, 0.3) is 0 Å². The molecule has 156 valence electrons. The number of hydrogen-bond donors (Lipinski definition) is 0. The van der Waals surface area contributed by atoms with Crippen molar-refractivity contribution in [3.05, 3.63) is 83.3 Å². The second kappa shape index (κ2) is 9.76. The minimum absolute atomic E-state index is 0.0668. The van der Waals surface area contributed by atoms with Crippen molar-refractivity contribution in [2.75, 3.05) is 13.1 Å². The number of carbonyl (C=O) groups is 1. The van der Waals surface area contributed by atoms with Gasteiger partial charge in [0.05, 0.1) is 6.54 Å². The second-order valence-corrected chi connectivity index (χ2v) is 7.94. The number of rotatable bonds is 8. The molecule has 1 aliphatic rings. The second-order valence-electron chi connectivity index (χ2n) is 7.94. The molecule has 0 saturated carbocycles. The molecule has 0 amide bonds. The van der Waals surface area contributed by atoms with E-state index in [0.717, 1.165) is 37.9 Å². The van der Waals surface area contributed by atoms with Gasteiger partial charge in [0.2, 0.25) is 5.89 Å². The Hall–Kier alpha value is -2.86. The molecule has 4 rings (SSSR count). The van der Waals surface area contributed by atoms with Crippen LogP contribution in [0, 0.1) is 11.7 Å². The molecule has 0 aliphatic carbocycles. The van der Waals surface area contributed by atoms with Gasteiger partial charge in [-0.2, -0.15) is 4.98 Å².